The number of nitrogens with zero attached hydrogens (tertiary/aromatic N) is 4. The van der Waals surface area contributed by atoms with Crippen LogP contribution in [0.25, 0.3) is 11.5 Å². The number of furan rings is 1. The van der Waals surface area contributed by atoms with Crippen LogP contribution >= 0.6 is 0 Å². The van der Waals surface area contributed by atoms with Gasteiger partial charge < -0.3 is 9.73 Å². The number of amides is 1. The van der Waals surface area contributed by atoms with Crippen LogP contribution in [-0.2, 0) is 13.6 Å². The van der Waals surface area contributed by atoms with E-state index in [1.165, 1.54) is 0 Å². The van der Waals surface area contributed by atoms with E-state index in [9.17, 15) is 4.79 Å². The summed E-state index contributed by atoms with van der Waals surface area (Å²) in [5, 5.41) is 11.3. The highest BCUT2D eigenvalue weighted by molar-refractivity contribution is 6.03. The van der Waals surface area contributed by atoms with E-state index in [-0.39, 0.29) is 5.91 Å². The third kappa shape index (κ3) is 2.78. The zero-order valence-corrected chi connectivity index (χ0v) is 12.5. The van der Waals surface area contributed by atoms with Gasteiger partial charge >= 0.3 is 0 Å². The Hall–Kier alpha value is -2.83. The summed E-state index contributed by atoms with van der Waals surface area (Å²) in [7, 11) is 1.77. The Kier molecular flexibility index (Phi) is 3.78. The molecular weight excluding hydrogens is 282 g/mol. The molecule has 1 amide bonds. The van der Waals surface area contributed by atoms with Crippen molar-refractivity contribution in [2.24, 2.45) is 7.05 Å². The summed E-state index contributed by atoms with van der Waals surface area (Å²) in [6.07, 6.45) is 5.86. The highest BCUT2D eigenvalue weighted by Gasteiger charge is 2.14. The second kappa shape index (κ2) is 5.88. The number of aromatic nitrogens is 4. The molecule has 0 saturated carbocycles. The molecule has 3 heterocycles. The van der Waals surface area contributed by atoms with Crippen LogP contribution < -0.4 is 5.32 Å². The maximum absolute atomic E-state index is 12.3. The summed E-state index contributed by atoms with van der Waals surface area (Å²) >= 11 is 0. The quantitative estimate of drug-likeness (QED) is 0.785. The molecule has 0 fully saturated rings. The molecule has 0 aliphatic carbocycles. The van der Waals surface area contributed by atoms with E-state index in [2.05, 4.69) is 22.4 Å². The van der Waals surface area contributed by atoms with Gasteiger partial charge in [0.25, 0.3) is 5.91 Å². The third-order valence-electron chi connectivity index (χ3n) is 3.24. The van der Waals surface area contributed by atoms with Gasteiger partial charge in [-0.05, 0) is 18.6 Å². The molecule has 0 aliphatic heterocycles. The fraction of sp³-hybridized carbons (Fsp3) is 0.267. The lowest BCUT2D eigenvalue weighted by atomic mass is 10.3. The molecule has 7 heteroatoms. The molecule has 1 N–H and O–H groups in total. The molecule has 22 heavy (non-hydrogen) atoms. The lowest BCUT2D eigenvalue weighted by molar-refractivity contribution is 0.102. The predicted molar refractivity (Wildman–Crippen MR) is 81.4 cm³/mol. The highest BCUT2D eigenvalue weighted by atomic mass is 16.3. The summed E-state index contributed by atoms with van der Waals surface area (Å²) in [6, 6.07) is 5.39. The van der Waals surface area contributed by atoms with Crippen molar-refractivity contribution in [1.29, 1.82) is 0 Å². The minimum atomic E-state index is -0.212. The van der Waals surface area contributed by atoms with Crippen molar-refractivity contribution >= 4 is 11.7 Å². The van der Waals surface area contributed by atoms with Gasteiger partial charge in [-0.25, -0.2) is 0 Å². The van der Waals surface area contributed by atoms with Gasteiger partial charge in [0.2, 0.25) is 0 Å². The van der Waals surface area contributed by atoms with Crippen LogP contribution in [0.5, 0.6) is 0 Å². The lowest BCUT2D eigenvalue weighted by Gasteiger charge is -2.02. The van der Waals surface area contributed by atoms with Crippen molar-refractivity contribution in [2.75, 3.05) is 5.32 Å². The molecule has 114 valence electrons. The summed E-state index contributed by atoms with van der Waals surface area (Å²) in [5.41, 5.74) is 1.19. The smallest absolute Gasteiger partial charge is 0.259 e. The predicted octanol–water partition coefficient (Wildman–Crippen LogP) is 2.54. The fourth-order valence-corrected chi connectivity index (χ4v) is 2.15. The zero-order chi connectivity index (χ0) is 15.5. The van der Waals surface area contributed by atoms with Crippen molar-refractivity contribution in [3.63, 3.8) is 0 Å². The van der Waals surface area contributed by atoms with Gasteiger partial charge in [-0.2, -0.15) is 10.2 Å². The zero-order valence-electron chi connectivity index (χ0n) is 12.5. The first-order valence-corrected chi connectivity index (χ1v) is 7.09. The van der Waals surface area contributed by atoms with Gasteiger partial charge in [-0.1, -0.05) is 6.92 Å². The number of carbonyl (C=O) groups is 1. The van der Waals surface area contributed by atoms with E-state index in [0.29, 0.717) is 22.8 Å². The number of hydrogen-bond acceptors (Lipinski definition) is 4. The van der Waals surface area contributed by atoms with Crippen LogP contribution in [0.2, 0.25) is 0 Å². The number of hydrogen-bond donors (Lipinski definition) is 1. The molecule has 7 nitrogen and oxygen atoms in total. The normalized spacial score (nSPS) is 10.8. The van der Waals surface area contributed by atoms with Crippen LogP contribution in [0.3, 0.4) is 0 Å². The Morgan fingerprint density at radius 3 is 3.05 bits per heavy atom. The average molecular weight is 299 g/mol. The standard InChI is InChI=1S/C15H17N5O2/c1-3-6-20-10-11(9-16-20)15(21)17-14-8-12(18-19(14)2)13-5-4-7-22-13/h4-5,7-10H,3,6H2,1-2H3,(H,17,21). The van der Waals surface area contributed by atoms with E-state index in [0.717, 1.165) is 13.0 Å². The second-order valence-corrected chi connectivity index (χ2v) is 4.96. The Morgan fingerprint density at radius 1 is 1.45 bits per heavy atom. The molecule has 0 atom stereocenters. The molecule has 0 aliphatic rings. The van der Waals surface area contributed by atoms with Crippen LogP contribution in [-0.4, -0.2) is 25.5 Å². The van der Waals surface area contributed by atoms with E-state index in [1.807, 2.05) is 6.07 Å². The van der Waals surface area contributed by atoms with Crippen molar-refractivity contribution in [3.05, 3.63) is 42.4 Å². The van der Waals surface area contributed by atoms with Crippen LogP contribution in [0.4, 0.5) is 5.82 Å². The van der Waals surface area contributed by atoms with Crippen molar-refractivity contribution in [2.45, 2.75) is 19.9 Å². The summed E-state index contributed by atoms with van der Waals surface area (Å²) in [6.45, 7) is 2.86. The Bertz CT molecular complexity index is 770. The molecule has 3 aromatic rings. The number of anilines is 1. The van der Waals surface area contributed by atoms with E-state index < -0.39 is 0 Å². The summed E-state index contributed by atoms with van der Waals surface area (Å²) in [4.78, 5) is 12.3. The van der Waals surface area contributed by atoms with Gasteiger partial charge in [0.1, 0.15) is 11.5 Å². The van der Waals surface area contributed by atoms with E-state index >= 15 is 0 Å². The SMILES string of the molecule is CCCn1cc(C(=O)Nc2cc(-c3ccco3)nn2C)cn1. The Morgan fingerprint density at radius 2 is 2.32 bits per heavy atom. The van der Waals surface area contributed by atoms with Gasteiger partial charge in [0.05, 0.1) is 18.0 Å². The minimum Gasteiger partial charge on any atom is -0.463 e. The topological polar surface area (TPSA) is 77.9 Å². The van der Waals surface area contributed by atoms with Gasteiger partial charge in [-0.15, -0.1) is 0 Å². The second-order valence-electron chi connectivity index (χ2n) is 4.96. The van der Waals surface area contributed by atoms with Crippen molar-refractivity contribution in [1.82, 2.24) is 19.6 Å². The molecule has 3 rings (SSSR count). The van der Waals surface area contributed by atoms with Crippen LogP contribution in [0.1, 0.15) is 23.7 Å². The number of carbonyl (C=O) groups excluding carboxylic acids is 1. The molecular formula is C15H17N5O2. The molecule has 0 unspecified atom stereocenters. The highest BCUT2D eigenvalue weighted by Crippen LogP contribution is 2.21. The Labute approximate surface area is 127 Å². The summed E-state index contributed by atoms with van der Waals surface area (Å²) < 4.78 is 8.67. The first kappa shape index (κ1) is 14.1. The monoisotopic (exact) mass is 299 g/mol. The van der Waals surface area contributed by atoms with Crippen molar-refractivity contribution < 1.29 is 9.21 Å². The van der Waals surface area contributed by atoms with Gasteiger partial charge in [-0.3, -0.25) is 14.2 Å². The summed E-state index contributed by atoms with van der Waals surface area (Å²) in [5.74, 6) is 1.04. The average Bonchev–Trinajstić information content (AvgIpc) is 3.21. The fourth-order valence-electron chi connectivity index (χ4n) is 2.15. The molecule has 0 aromatic carbocycles. The number of rotatable bonds is 5. The van der Waals surface area contributed by atoms with Gasteiger partial charge in [0.15, 0.2) is 5.76 Å². The van der Waals surface area contributed by atoms with Crippen LogP contribution in [0.15, 0.2) is 41.3 Å². The maximum atomic E-state index is 12.3. The number of aryl methyl sites for hydroxylation is 2. The minimum absolute atomic E-state index is 0.212. The number of nitrogens with one attached hydrogen (secondary N) is 1. The molecule has 3 aromatic heterocycles. The van der Waals surface area contributed by atoms with Gasteiger partial charge in [0, 0.05) is 25.9 Å². The maximum Gasteiger partial charge on any atom is 0.259 e. The largest absolute Gasteiger partial charge is 0.463 e. The first-order chi connectivity index (χ1) is 10.7. The lowest BCUT2D eigenvalue weighted by Crippen LogP contribution is -2.14. The van der Waals surface area contributed by atoms with E-state index in [1.54, 1.807) is 47.2 Å². The molecule has 0 radical (unpaired) electrons. The first-order valence-electron chi connectivity index (χ1n) is 7.09. The molecule has 0 saturated heterocycles. The Balaban J connectivity index is 1.76. The van der Waals surface area contributed by atoms with Crippen molar-refractivity contribution in [3.8, 4) is 11.5 Å². The molecule has 0 spiro atoms. The molecule has 0 bridgehead atoms. The third-order valence-corrected chi connectivity index (χ3v) is 3.24. The van der Waals surface area contributed by atoms with E-state index in [4.69, 9.17) is 4.42 Å². The van der Waals surface area contributed by atoms with Crippen LogP contribution in [0, 0.1) is 0 Å².